The zero-order valence-electron chi connectivity index (χ0n) is 14.1. The Morgan fingerprint density at radius 3 is 2.31 bits per heavy atom. The number of ether oxygens (including phenoxy) is 1. The number of anilines is 1. The third kappa shape index (κ3) is 4.46. The van der Waals surface area contributed by atoms with Crippen LogP contribution in [0.1, 0.15) is 23.1 Å². The molecule has 0 unspecified atom stereocenters. The van der Waals surface area contributed by atoms with Gasteiger partial charge in [-0.2, -0.15) is 10.5 Å². The summed E-state index contributed by atoms with van der Waals surface area (Å²) in [4.78, 5) is 12.3. The van der Waals surface area contributed by atoms with Crippen LogP contribution in [0.2, 0.25) is 0 Å². The Kier molecular flexibility index (Phi) is 5.60. The SMILES string of the molecule is N#Cc1ccc(CO[C@@H]2CN[C@@H](C(=O)Nc3ccc(C#N)cc3)C2)cc1. The van der Waals surface area contributed by atoms with E-state index < -0.39 is 0 Å². The number of hydrogen-bond acceptors (Lipinski definition) is 5. The van der Waals surface area contributed by atoms with Crippen molar-refractivity contribution in [3.63, 3.8) is 0 Å². The molecule has 0 saturated carbocycles. The molecule has 1 fully saturated rings. The van der Waals surface area contributed by atoms with E-state index in [1.54, 1.807) is 36.4 Å². The normalized spacial score (nSPS) is 18.7. The minimum absolute atomic E-state index is 0.0395. The number of rotatable bonds is 5. The molecule has 0 bridgehead atoms. The fourth-order valence-electron chi connectivity index (χ4n) is 2.78. The number of benzene rings is 2. The highest BCUT2D eigenvalue weighted by Crippen LogP contribution is 2.16. The highest BCUT2D eigenvalue weighted by Gasteiger charge is 2.30. The first-order valence-corrected chi connectivity index (χ1v) is 8.33. The number of nitrogens with one attached hydrogen (secondary N) is 2. The average Bonchev–Trinajstić information content (AvgIpc) is 3.16. The highest BCUT2D eigenvalue weighted by molar-refractivity contribution is 5.95. The van der Waals surface area contributed by atoms with Gasteiger partial charge in [0.25, 0.3) is 0 Å². The molecule has 6 heteroatoms. The van der Waals surface area contributed by atoms with Gasteiger partial charge < -0.3 is 15.4 Å². The number of carbonyl (C=O) groups is 1. The van der Waals surface area contributed by atoms with Crippen molar-refractivity contribution >= 4 is 11.6 Å². The molecule has 1 aliphatic heterocycles. The number of nitriles is 2. The predicted molar refractivity (Wildman–Crippen MR) is 95.9 cm³/mol. The summed E-state index contributed by atoms with van der Waals surface area (Å²) in [7, 11) is 0. The lowest BCUT2D eigenvalue weighted by atomic mass is 10.1. The fraction of sp³-hybridized carbons (Fsp3) is 0.250. The van der Waals surface area contributed by atoms with Crippen molar-refractivity contribution in [3.05, 3.63) is 65.2 Å². The van der Waals surface area contributed by atoms with Gasteiger partial charge >= 0.3 is 0 Å². The monoisotopic (exact) mass is 346 g/mol. The minimum Gasteiger partial charge on any atom is -0.372 e. The number of hydrogen-bond donors (Lipinski definition) is 2. The first-order valence-electron chi connectivity index (χ1n) is 8.33. The molecule has 2 aromatic rings. The van der Waals surface area contributed by atoms with Crippen LogP contribution in [0.5, 0.6) is 0 Å². The molecule has 2 N–H and O–H groups in total. The van der Waals surface area contributed by atoms with Gasteiger partial charge in [-0.3, -0.25) is 4.79 Å². The maximum absolute atomic E-state index is 12.3. The van der Waals surface area contributed by atoms with Crippen molar-refractivity contribution in [2.24, 2.45) is 0 Å². The summed E-state index contributed by atoms with van der Waals surface area (Å²) in [6, 6.07) is 17.9. The van der Waals surface area contributed by atoms with E-state index in [1.807, 2.05) is 18.2 Å². The van der Waals surface area contributed by atoms with E-state index in [1.165, 1.54) is 0 Å². The third-order valence-electron chi connectivity index (χ3n) is 4.26. The van der Waals surface area contributed by atoms with Gasteiger partial charge in [0.2, 0.25) is 5.91 Å². The van der Waals surface area contributed by atoms with Gasteiger partial charge in [-0.1, -0.05) is 12.1 Å². The van der Waals surface area contributed by atoms with Crippen molar-refractivity contribution in [1.82, 2.24) is 5.32 Å². The highest BCUT2D eigenvalue weighted by atomic mass is 16.5. The van der Waals surface area contributed by atoms with Crippen LogP contribution in [0.3, 0.4) is 0 Å². The molecule has 1 heterocycles. The Morgan fingerprint density at radius 2 is 1.69 bits per heavy atom. The second kappa shape index (κ2) is 8.26. The molecule has 1 aliphatic rings. The molecule has 0 aliphatic carbocycles. The molecule has 26 heavy (non-hydrogen) atoms. The second-order valence-corrected chi connectivity index (χ2v) is 6.12. The van der Waals surface area contributed by atoms with E-state index in [0.29, 0.717) is 36.4 Å². The Bertz CT molecular complexity index is 847. The molecule has 1 amide bonds. The summed E-state index contributed by atoms with van der Waals surface area (Å²) in [5, 5.41) is 23.6. The van der Waals surface area contributed by atoms with Gasteiger partial charge in [0.15, 0.2) is 0 Å². The van der Waals surface area contributed by atoms with E-state index >= 15 is 0 Å². The Labute approximate surface area is 152 Å². The summed E-state index contributed by atoms with van der Waals surface area (Å²) in [5.74, 6) is -0.112. The second-order valence-electron chi connectivity index (χ2n) is 6.12. The van der Waals surface area contributed by atoms with Gasteiger partial charge in [0.05, 0.1) is 42.0 Å². The Balaban J connectivity index is 1.47. The van der Waals surface area contributed by atoms with Crippen molar-refractivity contribution in [2.75, 3.05) is 11.9 Å². The maximum Gasteiger partial charge on any atom is 0.241 e. The Hall–Kier alpha value is -3.19. The van der Waals surface area contributed by atoms with Crippen molar-refractivity contribution in [3.8, 4) is 12.1 Å². The number of carbonyl (C=O) groups excluding carboxylic acids is 1. The molecule has 130 valence electrons. The lowest BCUT2D eigenvalue weighted by molar-refractivity contribution is -0.118. The van der Waals surface area contributed by atoms with Gasteiger partial charge in [-0.25, -0.2) is 0 Å². The zero-order chi connectivity index (χ0) is 18.4. The first kappa shape index (κ1) is 17.6. The minimum atomic E-state index is -0.309. The average molecular weight is 346 g/mol. The topological polar surface area (TPSA) is 97.9 Å². The lowest BCUT2D eigenvalue weighted by Crippen LogP contribution is -2.35. The van der Waals surface area contributed by atoms with Crippen LogP contribution in [-0.4, -0.2) is 24.6 Å². The quantitative estimate of drug-likeness (QED) is 0.866. The standard InChI is InChI=1S/C20H18N4O2/c21-10-14-1-3-16(4-2-14)13-26-18-9-19(23-12-18)20(25)24-17-7-5-15(11-22)6-8-17/h1-8,18-19,23H,9,12-13H2,(H,24,25)/t18-,19+/m0/s1. The van der Waals surface area contributed by atoms with Gasteiger partial charge in [0.1, 0.15) is 0 Å². The molecule has 0 aromatic heterocycles. The molecular formula is C20H18N4O2. The van der Waals surface area contributed by atoms with E-state index in [4.69, 9.17) is 15.3 Å². The third-order valence-corrected chi connectivity index (χ3v) is 4.26. The van der Waals surface area contributed by atoms with Crippen LogP contribution in [0.25, 0.3) is 0 Å². The van der Waals surface area contributed by atoms with E-state index in [0.717, 1.165) is 5.56 Å². The van der Waals surface area contributed by atoms with E-state index in [-0.39, 0.29) is 18.1 Å². The van der Waals surface area contributed by atoms with Gasteiger partial charge in [-0.05, 0) is 48.4 Å². The smallest absolute Gasteiger partial charge is 0.241 e. The van der Waals surface area contributed by atoms with Crippen LogP contribution in [-0.2, 0) is 16.1 Å². The van der Waals surface area contributed by atoms with Crippen molar-refractivity contribution in [1.29, 1.82) is 10.5 Å². The van der Waals surface area contributed by atoms with Crippen LogP contribution < -0.4 is 10.6 Å². The van der Waals surface area contributed by atoms with Crippen LogP contribution in [0, 0.1) is 22.7 Å². The van der Waals surface area contributed by atoms with Crippen LogP contribution >= 0.6 is 0 Å². The molecule has 1 saturated heterocycles. The summed E-state index contributed by atoms with van der Waals surface area (Å²) >= 11 is 0. The van der Waals surface area contributed by atoms with Crippen molar-refractivity contribution < 1.29 is 9.53 Å². The van der Waals surface area contributed by atoms with Crippen LogP contribution in [0.15, 0.2) is 48.5 Å². The summed E-state index contributed by atoms with van der Waals surface area (Å²) in [6.07, 6.45) is 0.556. The molecule has 2 atom stereocenters. The largest absolute Gasteiger partial charge is 0.372 e. The molecule has 0 radical (unpaired) electrons. The van der Waals surface area contributed by atoms with Crippen LogP contribution in [0.4, 0.5) is 5.69 Å². The first-order chi connectivity index (χ1) is 12.7. The number of nitrogens with zero attached hydrogens (tertiary/aromatic N) is 2. The van der Waals surface area contributed by atoms with Gasteiger partial charge in [-0.15, -0.1) is 0 Å². The summed E-state index contributed by atoms with van der Waals surface area (Å²) in [5.41, 5.74) is 2.83. The lowest BCUT2D eigenvalue weighted by Gasteiger charge is -2.12. The molecule has 2 aromatic carbocycles. The molecule has 3 rings (SSSR count). The zero-order valence-corrected chi connectivity index (χ0v) is 14.1. The Morgan fingerprint density at radius 1 is 1.08 bits per heavy atom. The summed E-state index contributed by atoms with van der Waals surface area (Å²) < 4.78 is 5.86. The summed E-state index contributed by atoms with van der Waals surface area (Å²) in [6.45, 7) is 1.06. The molecule has 6 nitrogen and oxygen atoms in total. The molecular weight excluding hydrogens is 328 g/mol. The van der Waals surface area contributed by atoms with E-state index in [2.05, 4.69) is 16.7 Å². The molecule has 0 spiro atoms. The van der Waals surface area contributed by atoms with Gasteiger partial charge in [0, 0.05) is 12.2 Å². The fourth-order valence-corrected chi connectivity index (χ4v) is 2.78. The van der Waals surface area contributed by atoms with E-state index in [9.17, 15) is 4.79 Å². The maximum atomic E-state index is 12.3. The van der Waals surface area contributed by atoms with Crippen molar-refractivity contribution in [2.45, 2.75) is 25.2 Å². The predicted octanol–water partition coefficient (Wildman–Crippen LogP) is 2.32. The number of amides is 1.